The Labute approximate surface area is 170 Å². The van der Waals surface area contributed by atoms with Crippen LogP contribution >= 0.6 is 0 Å². The molecule has 0 heterocycles. The van der Waals surface area contributed by atoms with E-state index in [4.69, 9.17) is 4.74 Å². The molecule has 0 aliphatic heterocycles. The maximum atomic E-state index is 12.4. The van der Waals surface area contributed by atoms with E-state index in [2.05, 4.69) is 16.6 Å². The molecule has 0 radical (unpaired) electrons. The van der Waals surface area contributed by atoms with Gasteiger partial charge in [0.25, 0.3) is 5.91 Å². The van der Waals surface area contributed by atoms with Crippen molar-refractivity contribution in [1.82, 2.24) is 4.72 Å². The number of nitrogens with one attached hydrogen (secondary N) is 2. The van der Waals surface area contributed by atoms with E-state index in [1.807, 2.05) is 32.0 Å². The zero-order valence-corrected chi connectivity index (χ0v) is 17.4. The van der Waals surface area contributed by atoms with Crippen LogP contribution in [0, 0.1) is 13.8 Å². The molecule has 0 aliphatic rings. The third kappa shape index (κ3) is 5.75. The quantitative estimate of drug-likeness (QED) is 0.509. The highest BCUT2D eigenvalue weighted by Gasteiger charge is 2.21. The Hall–Kier alpha value is -2.97. The largest absolute Gasteiger partial charge is 0.449 e. The summed E-state index contributed by atoms with van der Waals surface area (Å²) in [5, 5.41) is 2.77. The monoisotopic (exact) mass is 416 g/mol. The minimum Gasteiger partial charge on any atom is -0.449 e. The van der Waals surface area contributed by atoms with Gasteiger partial charge in [0, 0.05) is 12.2 Å². The molecule has 0 aliphatic carbocycles. The van der Waals surface area contributed by atoms with Gasteiger partial charge in [-0.3, -0.25) is 4.79 Å². The number of carbonyl (C=O) groups excluding carboxylic acids is 2. The number of aryl methyl sites for hydroxylation is 2. The molecule has 154 valence electrons. The molecule has 7 nitrogen and oxygen atoms in total. The van der Waals surface area contributed by atoms with E-state index in [0.29, 0.717) is 5.69 Å². The van der Waals surface area contributed by atoms with Gasteiger partial charge in [-0.15, -0.1) is 6.58 Å². The molecule has 0 spiro atoms. The van der Waals surface area contributed by atoms with Gasteiger partial charge >= 0.3 is 5.97 Å². The molecule has 1 atom stereocenters. The van der Waals surface area contributed by atoms with Crippen molar-refractivity contribution in [3.63, 3.8) is 0 Å². The first-order valence-corrected chi connectivity index (χ1v) is 10.4. The number of rotatable bonds is 8. The molecule has 2 N–H and O–H groups in total. The number of carbonyl (C=O) groups is 2. The predicted octanol–water partition coefficient (Wildman–Crippen LogP) is 2.95. The molecular weight excluding hydrogens is 392 g/mol. The Kier molecular flexibility index (Phi) is 7.30. The maximum absolute atomic E-state index is 12.4. The average molecular weight is 416 g/mol. The summed E-state index contributed by atoms with van der Waals surface area (Å²) in [4.78, 5) is 24.7. The molecular formula is C21H24N2O5S. The van der Waals surface area contributed by atoms with Crippen LogP contribution in [-0.2, 0) is 19.6 Å². The van der Waals surface area contributed by atoms with Crippen molar-refractivity contribution in [3.8, 4) is 0 Å². The number of sulfonamides is 1. The Bertz CT molecular complexity index is 994. The summed E-state index contributed by atoms with van der Waals surface area (Å²) in [6, 6.07) is 10.9. The van der Waals surface area contributed by atoms with E-state index in [1.54, 1.807) is 0 Å². The second-order valence-corrected chi connectivity index (χ2v) is 8.24. The Morgan fingerprint density at radius 2 is 1.69 bits per heavy atom. The van der Waals surface area contributed by atoms with Crippen LogP contribution in [0.5, 0.6) is 0 Å². The fourth-order valence-corrected chi connectivity index (χ4v) is 3.54. The van der Waals surface area contributed by atoms with Crippen molar-refractivity contribution >= 4 is 27.6 Å². The fourth-order valence-electron chi connectivity index (χ4n) is 2.54. The lowest BCUT2D eigenvalue weighted by Crippen LogP contribution is -2.30. The molecule has 2 aromatic carbocycles. The number of amides is 1. The second kappa shape index (κ2) is 9.49. The van der Waals surface area contributed by atoms with E-state index in [1.165, 1.54) is 37.3 Å². The number of hydrogen-bond acceptors (Lipinski definition) is 5. The van der Waals surface area contributed by atoms with E-state index < -0.39 is 28.0 Å². The normalized spacial score (nSPS) is 12.1. The minimum atomic E-state index is -3.68. The summed E-state index contributed by atoms with van der Waals surface area (Å²) in [5.41, 5.74) is 2.62. The van der Waals surface area contributed by atoms with Crippen LogP contribution in [-0.4, -0.2) is 32.9 Å². The summed E-state index contributed by atoms with van der Waals surface area (Å²) in [6.45, 7) is 8.77. The van der Waals surface area contributed by atoms with Gasteiger partial charge in [-0.05, 0) is 56.2 Å². The summed E-state index contributed by atoms with van der Waals surface area (Å²) in [5.74, 6) is -1.18. The Balaban J connectivity index is 2.04. The molecule has 8 heteroatoms. The van der Waals surface area contributed by atoms with Gasteiger partial charge in [0.2, 0.25) is 10.0 Å². The average Bonchev–Trinajstić information content (AvgIpc) is 2.69. The number of ether oxygens (including phenoxy) is 1. The van der Waals surface area contributed by atoms with E-state index in [-0.39, 0.29) is 17.0 Å². The standard InChI is InChI=1S/C21H24N2O5S/c1-5-13-22-29(26,27)18-11-9-17(10-12-18)21(25)28-16(4)20(24)23-19-14(2)7-6-8-15(19)3/h5-12,16,22H,1,13H2,2-4H3,(H,23,24)/t16-/m0/s1. The van der Waals surface area contributed by atoms with E-state index in [0.717, 1.165) is 11.1 Å². The van der Waals surface area contributed by atoms with Crippen LogP contribution in [0.25, 0.3) is 0 Å². The smallest absolute Gasteiger partial charge is 0.338 e. The third-order valence-corrected chi connectivity index (χ3v) is 5.64. The lowest BCUT2D eigenvalue weighted by Gasteiger charge is -2.16. The SMILES string of the molecule is C=CCNS(=O)(=O)c1ccc(C(=O)O[C@@H](C)C(=O)Nc2c(C)cccc2C)cc1. The fraction of sp³-hybridized carbons (Fsp3) is 0.238. The van der Waals surface area contributed by atoms with Crippen molar-refractivity contribution in [2.24, 2.45) is 0 Å². The van der Waals surface area contributed by atoms with Gasteiger partial charge in [0.05, 0.1) is 10.5 Å². The minimum absolute atomic E-state index is 0.0109. The van der Waals surface area contributed by atoms with E-state index >= 15 is 0 Å². The maximum Gasteiger partial charge on any atom is 0.338 e. The highest BCUT2D eigenvalue weighted by atomic mass is 32.2. The molecule has 29 heavy (non-hydrogen) atoms. The number of benzene rings is 2. The van der Waals surface area contributed by atoms with Crippen LogP contribution in [0.2, 0.25) is 0 Å². The summed E-state index contributed by atoms with van der Waals surface area (Å²) in [7, 11) is -3.68. The Morgan fingerprint density at radius 3 is 2.24 bits per heavy atom. The van der Waals surface area contributed by atoms with Crippen molar-refractivity contribution in [2.45, 2.75) is 31.8 Å². The summed E-state index contributed by atoms with van der Waals surface area (Å²) < 4.78 is 31.6. The van der Waals surface area contributed by atoms with Crippen LogP contribution in [0.3, 0.4) is 0 Å². The first kappa shape index (κ1) is 22.3. The lowest BCUT2D eigenvalue weighted by molar-refractivity contribution is -0.123. The number of esters is 1. The highest BCUT2D eigenvalue weighted by Crippen LogP contribution is 2.20. The van der Waals surface area contributed by atoms with E-state index in [9.17, 15) is 18.0 Å². The predicted molar refractivity (Wildman–Crippen MR) is 111 cm³/mol. The van der Waals surface area contributed by atoms with Crippen LogP contribution in [0.1, 0.15) is 28.4 Å². The third-order valence-electron chi connectivity index (χ3n) is 4.20. The zero-order chi connectivity index (χ0) is 21.6. The van der Waals surface area contributed by atoms with Gasteiger partial charge in [-0.1, -0.05) is 24.3 Å². The summed E-state index contributed by atoms with van der Waals surface area (Å²) >= 11 is 0. The zero-order valence-electron chi connectivity index (χ0n) is 16.6. The topological polar surface area (TPSA) is 102 Å². The molecule has 2 aromatic rings. The van der Waals surface area contributed by atoms with Crippen molar-refractivity contribution in [2.75, 3.05) is 11.9 Å². The first-order chi connectivity index (χ1) is 13.7. The van der Waals surface area contributed by atoms with Gasteiger partial charge in [-0.25, -0.2) is 17.9 Å². The number of para-hydroxylation sites is 1. The second-order valence-electron chi connectivity index (χ2n) is 6.47. The molecule has 0 saturated carbocycles. The van der Waals surface area contributed by atoms with Crippen LogP contribution in [0.15, 0.2) is 60.0 Å². The number of hydrogen-bond donors (Lipinski definition) is 2. The van der Waals surface area contributed by atoms with Gasteiger partial charge < -0.3 is 10.1 Å². The van der Waals surface area contributed by atoms with Gasteiger partial charge in [-0.2, -0.15) is 0 Å². The molecule has 1 amide bonds. The highest BCUT2D eigenvalue weighted by molar-refractivity contribution is 7.89. The van der Waals surface area contributed by atoms with Gasteiger partial charge in [0.15, 0.2) is 6.10 Å². The molecule has 0 saturated heterocycles. The molecule has 0 unspecified atom stereocenters. The van der Waals surface area contributed by atoms with Crippen molar-refractivity contribution < 1.29 is 22.7 Å². The van der Waals surface area contributed by atoms with Crippen molar-refractivity contribution in [1.29, 1.82) is 0 Å². The van der Waals surface area contributed by atoms with Crippen LogP contribution in [0.4, 0.5) is 5.69 Å². The Morgan fingerprint density at radius 1 is 1.10 bits per heavy atom. The molecule has 0 aromatic heterocycles. The molecule has 0 fully saturated rings. The van der Waals surface area contributed by atoms with Gasteiger partial charge in [0.1, 0.15) is 0 Å². The number of anilines is 1. The summed E-state index contributed by atoms with van der Waals surface area (Å²) in [6.07, 6.45) is 0.396. The van der Waals surface area contributed by atoms with Crippen molar-refractivity contribution in [3.05, 3.63) is 71.8 Å². The molecule has 2 rings (SSSR count). The van der Waals surface area contributed by atoms with Crippen LogP contribution < -0.4 is 10.0 Å². The first-order valence-electron chi connectivity index (χ1n) is 8.94. The lowest BCUT2D eigenvalue weighted by atomic mass is 10.1. The molecule has 0 bridgehead atoms.